The van der Waals surface area contributed by atoms with E-state index in [1.165, 1.54) is 18.7 Å². The molecule has 4 rings (SSSR count). The molecule has 1 saturated heterocycles. The summed E-state index contributed by atoms with van der Waals surface area (Å²) >= 11 is 0. The smallest absolute Gasteiger partial charge is 0.303 e. The van der Waals surface area contributed by atoms with Crippen molar-refractivity contribution in [2.24, 2.45) is 11.8 Å². The second-order valence-corrected chi connectivity index (χ2v) is 8.33. The molecule has 0 radical (unpaired) electrons. The second kappa shape index (κ2) is 8.53. The van der Waals surface area contributed by atoms with Crippen LogP contribution in [0.25, 0.3) is 10.9 Å². The Hall–Kier alpha value is -3.16. The molecule has 1 saturated carbocycles. The molecule has 2 amide bonds. The number of H-pyrrole nitrogens is 1. The number of amides is 2. The van der Waals surface area contributed by atoms with Gasteiger partial charge in [-0.05, 0) is 37.3 Å². The van der Waals surface area contributed by atoms with Gasteiger partial charge in [-0.15, -0.1) is 0 Å². The predicted octanol–water partition coefficient (Wildman–Crippen LogP) is 2.36. The first-order valence-corrected chi connectivity index (χ1v) is 10.6. The number of carbonyl (C=O) groups excluding carboxylic acids is 4. The van der Waals surface area contributed by atoms with E-state index in [2.05, 4.69) is 4.98 Å². The number of nitrogens with zero attached hydrogens (tertiary/aromatic N) is 1. The minimum atomic E-state index is -0.735. The fraction of sp³-hybridized carbons (Fsp3) is 0.478. The molecule has 31 heavy (non-hydrogen) atoms. The zero-order valence-electron chi connectivity index (χ0n) is 17.6. The molecule has 1 N–H and O–H groups in total. The first-order valence-electron chi connectivity index (χ1n) is 10.6. The highest BCUT2D eigenvalue weighted by Gasteiger charge is 2.48. The lowest BCUT2D eigenvalue weighted by Crippen LogP contribution is -2.50. The van der Waals surface area contributed by atoms with Crippen molar-refractivity contribution in [1.29, 1.82) is 0 Å². The first kappa shape index (κ1) is 21.1. The number of esters is 2. The molecular formula is C23H26N2O6. The molecule has 1 aliphatic heterocycles. The topological polar surface area (TPSA) is 106 Å². The molecule has 2 heterocycles. The van der Waals surface area contributed by atoms with E-state index >= 15 is 0 Å². The lowest BCUT2D eigenvalue weighted by Gasteiger charge is -2.34. The maximum Gasteiger partial charge on any atom is 0.303 e. The van der Waals surface area contributed by atoms with E-state index in [0.29, 0.717) is 12.8 Å². The SMILES string of the molecule is CC(=O)O[C@H]1C[C@@H]2C[C@H](C[C@H]1OC(C)=O)C(=O)N(CCc1c[nH]c3ccccc13)C2=O. The van der Waals surface area contributed by atoms with Crippen molar-refractivity contribution in [3.8, 4) is 0 Å². The Morgan fingerprint density at radius 1 is 0.968 bits per heavy atom. The molecule has 1 aliphatic carbocycles. The minimum absolute atomic E-state index is 0.240. The number of aromatic nitrogens is 1. The average Bonchev–Trinajstić information content (AvgIpc) is 3.05. The van der Waals surface area contributed by atoms with E-state index in [9.17, 15) is 19.2 Å². The fourth-order valence-corrected chi connectivity index (χ4v) is 4.82. The van der Waals surface area contributed by atoms with Gasteiger partial charge < -0.3 is 14.5 Å². The highest BCUT2D eigenvalue weighted by molar-refractivity contribution is 6.00. The molecule has 2 fully saturated rings. The van der Waals surface area contributed by atoms with Gasteiger partial charge in [0.25, 0.3) is 0 Å². The van der Waals surface area contributed by atoms with Crippen LogP contribution < -0.4 is 0 Å². The van der Waals surface area contributed by atoms with Crippen LogP contribution in [0, 0.1) is 11.8 Å². The number of para-hydroxylation sites is 1. The van der Waals surface area contributed by atoms with E-state index in [1.807, 2.05) is 30.5 Å². The van der Waals surface area contributed by atoms with Crippen LogP contribution >= 0.6 is 0 Å². The van der Waals surface area contributed by atoms with Gasteiger partial charge in [0.1, 0.15) is 12.2 Å². The van der Waals surface area contributed by atoms with Crippen molar-refractivity contribution in [3.05, 3.63) is 36.0 Å². The summed E-state index contributed by atoms with van der Waals surface area (Å²) < 4.78 is 10.8. The summed E-state index contributed by atoms with van der Waals surface area (Å²) in [4.78, 5) is 54.0. The maximum absolute atomic E-state index is 13.1. The van der Waals surface area contributed by atoms with Gasteiger partial charge in [0.05, 0.1) is 0 Å². The van der Waals surface area contributed by atoms with Crippen molar-refractivity contribution in [2.45, 2.75) is 51.7 Å². The number of ether oxygens (including phenoxy) is 2. The molecule has 4 atom stereocenters. The van der Waals surface area contributed by atoms with Crippen LogP contribution in [0.3, 0.4) is 0 Å². The van der Waals surface area contributed by atoms with Crippen LogP contribution in [-0.2, 0) is 35.1 Å². The second-order valence-electron chi connectivity index (χ2n) is 8.33. The number of aromatic amines is 1. The largest absolute Gasteiger partial charge is 0.459 e. The number of nitrogens with one attached hydrogen (secondary N) is 1. The van der Waals surface area contributed by atoms with Gasteiger partial charge in [-0.25, -0.2) is 0 Å². The van der Waals surface area contributed by atoms with Crippen molar-refractivity contribution < 1.29 is 28.7 Å². The highest BCUT2D eigenvalue weighted by atomic mass is 16.6. The van der Waals surface area contributed by atoms with Gasteiger partial charge in [0, 0.05) is 49.3 Å². The highest BCUT2D eigenvalue weighted by Crippen LogP contribution is 2.37. The lowest BCUT2D eigenvalue weighted by molar-refractivity contribution is -0.166. The molecule has 2 aromatic rings. The van der Waals surface area contributed by atoms with Gasteiger partial charge in [0.15, 0.2) is 0 Å². The standard InChI is InChI=1S/C23H26N2O6/c1-13(26)30-20-10-16-9-17(11-21(20)31-14(2)27)23(29)25(22(16)28)8-7-15-12-24-19-6-4-3-5-18(15)19/h3-6,12,16-17,20-21,24H,7-11H2,1-2H3/t16-,17+,20-,21+. The number of fused-ring (bicyclic) bond motifs is 3. The van der Waals surface area contributed by atoms with E-state index < -0.39 is 36.0 Å². The van der Waals surface area contributed by atoms with Crippen molar-refractivity contribution in [2.75, 3.05) is 6.54 Å². The van der Waals surface area contributed by atoms with Gasteiger partial charge in [-0.1, -0.05) is 18.2 Å². The summed E-state index contributed by atoms with van der Waals surface area (Å²) in [5.74, 6) is -2.41. The lowest BCUT2D eigenvalue weighted by atomic mass is 9.86. The van der Waals surface area contributed by atoms with Crippen LogP contribution in [0.2, 0.25) is 0 Å². The molecular weight excluding hydrogens is 400 g/mol. The number of piperidine rings is 1. The van der Waals surface area contributed by atoms with Crippen molar-refractivity contribution in [3.63, 3.8) is 0 Å². The maximum atomic E-state index is 13.1. The van der Waals surface area contributed by atoms with Gasteiger partial charge >= 0.3 is 11.9 Å². The number of hydrogen-bond donors (Lipinski definition) is 1. The Labute approximate surface area is 179 Å². The van der Waals surface area contributed by atoms with Crippen LogP contribution in [-0.4, -0.2) is 52.4 Å². The summed E-state index contributed by atoms with van der Waals surface area (Å²) in [7, 11) is 0. The Kier molecular flexibility index (Phi) is 5.80. The number of benzene rings is 1. The Morgan fingerprint density at radius 2 is 1.55 bits per heavy atom. The van der Waals surface area contributed by atoms with Crippen LogP contribution in [0.1, 0.15) is 38.7 Å². The Bertz CT molecular complexity index is 986. The molecule has 2 bridgehead atoms. The number of carbonyl (C=O) groups is 4. The summed E-state index contributed by atoms with van der Waals surface area (Å²) in [5, 5.41) is 1.07. The van der Waals surface area contributed by atoms with E-state index in [0.717, 1.165) is 16.5 Å². The van der Waals surface area contributed by atoms with Crippen molar-refractivity contribution >= 4 is 34.7 Å². The molecule has 8 nitrogen and oxygen atoms in total. The molecule has 0 spiro atoms. The predicted molar refractivity (Wildman–Crippen MR) is 111 cm³/mol. The summed E-state index contributed by atoms with van der Waals surface area (Å²) in [5.41, 5.74) is 2.05. The zero-order valence-corrected chi connectivity index (χ0v) is 17.6. The monoisotopic (exact) mass is 426 g/mol. The van der Waals surface area contributed by atoms with E-state index in [1.54, 1.807) is 0 Å². The average molecular weight is 426 g/mol. The third-order valence-electron chi connectivity index (χ3n) is 6.16. The molecule has 1 aromatic heterocycles. The van der Waals surface area contributed by atoms with Gasteiger partial charge in [-0.2, -0.15) is 0 Å². The summed E-state index contributed by atoms with van der Waals surface area (Å²) in [6, 6.07) is 7.89. The number of rotatable bonds is 5. The quantitative estimate of drug-likeness (QED) is 0.581. The third kappa shape index (κ3) is 4.33. The number of hydrogen-bond acceptors (Lipinski definition) is 6. The van der Waals surface area contributed by atoms with Gasteiger partial charge in [0.2, 0.25) is 11.8 Å². The van der Waals surface area contributed by atoms with Gasteiger partial charge in [-0.3, -0.25) is 24.1 Å². The Balaban J connectivity index is 1.54. The van der Waals surface area contributed by atoms with E-state index in [-0.39, 0.29) is 31.2 Å². The fourth-order valence-electron chi connectivity index (χ4n) is 4.82. The number of likely N-dealkylation sites (tertiary alicyclic amines) is 1. The summed E-state index contributed by atoms with van der Waals surface area (Å²) in [6.07, 6.45) is 1.85. The van der Waals surface area contributed by atoms with Crippen LogP contribution in [0.5, 0.6) is 0 Å². The normalized spacial score (nSPS) is 25.9. The molecule has 0 unspecified atom stereocenters. The minimum Gasteiger partial charge on any atom is -0.459 e. The number of imide groups is 1. The molecule has 2 aliphatic rings. The van der Waals surface area contributed by atoms with E-state index in [4.69, 9.17) is 9.47 Å². The molecule has 164 valence electrons. The molecule has 1 aromatic carbocycles. The third-order valence-corrected chi connectivity index (χ3v) is 6.16. The summed E-state index contributed by atoms with van der Waals surface area (Å²) in [6.45, 7) is 2.84. The molecule has 8 heteroatoms. The van der Waals surface area contributed by atoms with Crippen LogP contribution in [0.15, 0.2) is 30.5 Å². The Morgan fingerprint density at radius 3 is 2.13 bits per heavy atom. The van der Waals surface area contributed by atoms with Crippen LogP contribution in [0.4, 0.5) is 0 Å². The first-order chi connectivity index (χ1) is 14.8. The zero-order chi connectivity index (χ0) is 22.1. The van der Waals surface area contributed by atoms with Crippen molar-refractivity contribution in [1.82, 2.24) is 9.88 Å².